The summed E-state index contributed by atoms with van der Waals surface area (Å²) >= 11 is 3.18. The number of aliphatic hydroxyl groups is 1. The van der Waals surface area contributed by atoms with Crippen molar-refractivity contribution in [3.63, 3.8) is 0 Å². The van der Waals surface area contributed by atoms with Crippen LogP contribution >= 0.6 is 22.7 Å². The highest BCUT2D eigenvalue weighted by atomic mass is 32.1. The van der Waals surface area contributed by atoms with Crippen molar-refractivity contribution >= 4 is 34.4 Å². The van der Waals surface area contributed by atoms with Crippen molar-refractivity contribution in [1.82, 2.24) is 5.32 Å². The first kappa shape index (κ1) is 16.9. The molecule has 1 aromatic carbocycles. The van der Waals surface area contributed by atoms with E-state index in [4.69, 9.17) is 9.47 Å². The van der Waals surface area contributed by atoms with Crippen LogP contribution < -0.4 is 20.1 Å². The van der Waals surface area contributed by atoms with Gasteiger partial charge in [0.25, 0.3) is 0 Å². The summed E-state index contributed by atoms with van der Waals surface area (Å²) in [7, 11) is 0. The van der Waals surface area contributed by atoms with Crippen LogP contribution in [-0.2, 0) is 0 Å². The van der Waals surface area contributed by atoms with Gasteiger partial charge in [0, 0.05) is 26.4 Å². The summed E-state index contributed by atoms with van der Waals surface area (Å²) in [6, 6.07) is 12.7. The number of thiophene rings is 2. The van der Waals surface area contributed by atoms with Crippen molar-refractivity contribution in [2.24, 2.45) is 0 Å². The van der Waals surface area contributed by atoms with Gasteiger partial charge in [0.1, 0.15) is 6.10 Å². The molecule has 1 atom stereocenters. The first-order valence-corrected chi connectivity index (χ1v) is 9.65. The number of hydrogen-bond acceptors (Lipinski definition) is 6. The number of benzene rings is 1. The fraction of sp³-hybridized carbons (Fsp3) is 0.167. The predicted octanol–water partition coefficient (Wildman–Crippen LogP) is 4.06. The fourth-order valence-electron chi connectivity index (χ4n) is 2.52. The van der Waals surface area contributed by atoms with Crippen LogP contribution in [0, 0.1) is 0 Å². The molecule has 0 fully saturated rings. The lowest BCUT2D eigenvalue weighted by atomic mass is 10.2. The van der Waals surface area contributed by atoms with E-state index in [1.807, 2.05) is 29.6 Å². The minimum Gasteiger partial charge on any atom is -0.454 e. The minimum absolute atomic E-state index is 0.126. The van der Waals surface area contributed by atoms with E-state index < -0.39 is 12.1 Å². The van der Waals surface area contributed by atoms with Crippen molar-refractivity contribution in [2.75, 3.05) is 18.7 Å². The maximum atomic E-state index is 12.0. The third-order valence-electron chi connectivity index (χ3n) is 3.81. The maximum absolute atomic E-state index is 12.0. The van der Waals surface area contributed by atoms with Crippen molar-refractivity contribution in [3.8, 4) is 21.3 Å². The Hall–Kier alpha value is -2.55. The normalized spacial score (nSPS) is 13.4. The van der Waals surface area contributed by atoms with Gasteiger partial charge in [-0.05, 0) is 35.7 Å². The zero-order chi connectivity index (χ0) is 17.9. The molecule has 4 rings (SSSR count). The van der Waals surface area contributed by atoms with Crippen LogP contribution in [0.1, 0.15) is 11.0 Å². The van der Waals surface area contributed by atoms with Crippen molar-refractivity contribution < 1.29 is 19.4 Å². The Bertz CT molecular complexity index is 908. The molecule has 0 aliphatic carbocycles. The number of carbonyl (C=O) groups is 1. The van der Waals surface area contributed by atoms with E-state index in [0.717, 1.165) is 9.75 Å². The molecule has 3 N–H and O–H groups in total. The summed E-state index contributed by atoms with van der Waals surface area (Å²) in [6.45, 7) is 0.312. The van der Waals surface area contributed by atoms with Gasteiger partial charge in [-0.2, -0.15) is 0 Å². The second-order valence-electron chi connectivity index (χ2n) is 5.60. The van der Waals surface area contributed by atoms with E-state index in [2.05, 4.69) is 10.6 Å². The summed E-state index contributed by atoms with van der Waals surface area (Å²) in [5, 5.41) is 17.7. The lowest BCUT2D eigenvalue weighted by Crippen LogP contribution is -2.32. The van der Waals surface area contributed by atoms with E-state index in [1.165, 1.54) is 16.2 Å². The molecule has 0 saturated heterocycles. The molecule has 26 heavy (non-hydrogen) atoms. The molecular weight excluding hydrogens is 372 g/mol. The summed E-state index contributed by atoms with van der Waals surface area (Å²) < 4.78 is 10.5. The van der Waals surface area contributed by atoms with Gasteiger partial charge < -0.3 is 25.2 Å². The lowest BCUT2D eigenvalue weighted by molar-refractivity contribution is 0.174. The molecule has 1 aliphatic rings. The van der Waals surface area contributed by atoms with E-state index in [9.17, 15) is 9.90 Å². The SMILES string of the molecule is O=C(NCC(O)c1ccc(-c2cccs2)s1)Nc1ccc2c(c1)OCO2. The number of carbonyl (C=O) groups excluding carboxylic acids is 1. The quantitative estimate of drug-likeness (QED) is 0.616. The zero-order valence-corrected chi connectivity index (χ0v) is 15.2. The second-order valence-corrected chi connectivity index (χ2v) is 7.66. The monoisotopic (exact) mass is 388 g/mol. The number of urea groups is 1. The van der Waals surface area contributed by atoms with Crippen LogP contribution in [0.4, 0.5) is 10.5 Å². The highest BCUT2D eigenvalue weighted by molar-refractivity contribution is 7.21. The number of rotatable bonds is 5. The van der Waals surface area contributed by atoms with E-state index in [0.29, 0.717) is 17.2 Å². The Labute approximate surface area is 158 Å². The summed E-state index contributed by atoms with van der Waals surface area (Å²) in [5.74, 6) is 1.26. The first-order chi connectivity index (χ1) is 12.7. The molecule has 3 aromatic rings. The van der Waals surface area contributed by atoms with Crippen molar-refractivity contribution in [3.05, 3.63) is 52.7 Å². The van der Waals surface area contributed by atoms with Gasteiger partial charge in [0.15, 0.2) is 11.5 Å². The van der Waals surface area contributed by atoms with E-state index in [-0.39, 0.29) is 13.3 Å². The van der Waals surface area contributed by atoms with Gasteiger partial charge >= 0.3 is 6.03 Å². The molecule has 2 amide bonds. The van der Waals surface area contributed by atoms with Gasteiger partial charge in [-0.1, -0.05) is 6.07 Å². The number of fused-ring (bicyclic) bond motifs is 1. The lowest BCUT2D eigenvalue weighted by Gasteiger charge is -2.11. The van der Waals surface area contributed by atoms with Crippen molar-refractivity contribution in [1.29, 1.82) is 0 Å². The molecule has 2 aromatic heterocycles. The fourth-order valence-corrected chi connectivity index (χ4v) is 4.35. The standard InChI is InChI=1S/C18H16N2O4S2/c21-12(15-5-6-17(26-15)16-2-1-7-25-16)9-19-18(22)20-11-3-4-13-14(8-11)24-10-23-13/h1-8,12,21H,9-10H2,(H2,19,20,22). The van der Waals surface area contributed by atoms with Crippen LogP contribution in [0.5, 0.6) is 11.5 Å². The van der Waals surface area contributed by atoms with E-state index >= 15 is 0 Å². The predicted molar refractivity (Wildman–Crippen MR) is 102 cm³/mol. The Morgan fingerprint density at radius 1 is 1.15 bits per heavy atom. The molecule has 134 valence electrons. The van der Waals surface area contributed by atoms with Gasteiger partial charge in [-0.25, -0.2) is 4.79 Å². The molecule has 3 heterocycles. The highest BCUT2D eigenvalue weighted by Crippen LogP contribution is 2.35. The summed E-state index contributed by atoms with van der Waals surface area (Å²) in [6.07, 6.45) is -0.754. The molecule has 1 unspecified atom stereocenters. The number of anilines is 1. The second kappa shape index (κ2) is 7.36. The molecular formula is C18H16N2O4S2. The average Bonchev–Trinajstić information content (AvgIpc) is 3.39. The topological polar surface area (TPSA) is 79.8 Å². The highest BCUT2D eigenvalue weighted by Gasteiger charge is 2.16. The number of amides is 2. The van der Waals surface area contributed by atoms with Crippen LogP contribution in [0.25, 0.3) is 9.75 Å². The Balaban J connectivity index is 1.31. The summed E-state index contributed by atoms with van der Waals surface area (Å²) in [5.41, 5.74) is 0.595. The number of ether oxygens (including phenoxy) is 2. The smallest absolute Gasteiger partial charge is 0.319 e. The van der Waals surface area contributed by atoms with Gasteiger partial charge in [-0.15, -0.1) is 22.7 Å². The molecule has 8 heteroatoms. The molecule has 0 spiro atoms. The molecule has 1 aliphatic heterocycles. The van der Waals surface area contributed by atoms with Crippen molar-refractivity contribution in [2.45, 2.75) is 6.10 Å². The first-order valence-electron chi connectivity index (χ1n) is 7.95. The summed E-state index contributed by atoms with van der Waals surface area (Å²) in [4.78, 5) is 15.1. The third kappa shape index (κ3) is 3.67. The Kier molecular flexibility index (Phi) is 4.79. The largest absolute Gasteiger partial charge is 0.454 e. The minimum atomic E-state index is -0.754. The third-order valence-corrected chi connectivity index (χ3v) is 6.06. The Morgan fingerprint density at radius 2 is 2.04 bits per heavy atom. The Morgan fingerprint density at radius 3 is 2.88 bits per heavy atom. The average molecular weight is 388 g/mol. The number of hydrogen-bond donors (Lipinski definition) is 3. The van der Waals surface area contributed by atoms with E-state index in [1.54, 1.807) is 29.5 Å². The molecule has 0 saturated carbocycles. The van der Waals surface area contributed by atoms with Crippen LogP contribution in [0.2, 0.25) is 0 Å². The van der Waals surface area contributed by atoms with Crippen LogP contribution in [0.3, 0.4) is 0 Å². The van der Waals surface area contributed by atoms with Crippen LogP contribution in [0.15, 0.2) is 47.8 Å². The van der Waals surface area contributed by atoms with Gasteiger partial charge in [0.2, 0.25) is 6.79 Å². The number of nitrogens with one attached hydrogen (secondary N) is 2. The maximum Gasteiger partial charge on any atom is 0.319 e. The van der Waals surface area contributed by atoms with Gasteiger partial charge in [0.05, 0.1) is 6.54 Å². The zero-order valence-electron chi connectivity index (χ0n) is 13.6. The molecule has 0 radical (unpaired) electrons. The molecule has 6 nitrogen and oxygen atoms in total. The van der Waals surface area contributed by atoms with Crippen LogP contribution in [-0.4, -0.2) is 24.5 Å². The van der Waals surface area contributed by atoms with Gasteiger partial charge in [-0.3, -0.25) is 0 Å². The molecule has 0 bridgehead atoms. The number of aliphatic hydroxyl groups excluding tert-OH is 1.